The Morgan fingerprint density at radius 3 is 2.44 bits per heavy atom. The van der Waals surface area contributed by atoms with Crippen molar-refractivity contribution in [1.29, 1.82) is 0 Å². The molecule has 34 heavy (non-hydrogen) atoms. The van der Waals surface area contributed by atoms with E-state index in [1.807, 2.05) is 12.1 Å². The summed E-state index contributed by atoms with van der Waals surface area (Å²) in [6.45, 7) is 10.9. The number of nitrogens with zero attached hydrogens (tertiary/aromatic N) is 5. The summed E-state index contributed by atoms with van der Waals surface area (Å²) in [5.74, 6) is 0.771. The van der Waals surface area contributed by atoms with E-state index < -0.39 is 0 Å². The summed E-state index contributed by atoms with van der Waals surface area (Å²) in [5.41, 5.74) is 11.3. The van der Waals surface area contributed by atoms with Crippen LogP contribution in [-0.2, 0) is 5.41 Å². The maximum Gasteiger partial charge on any atom is 0.187 e. The third-order valence-electron chi connectivity index (χ3n) is 6.47. The van der Waals surface area contributed by atoms with E-state index in [4.69, 9.17) is 10.7 Å². The second-order valence-corrected chi connectivity index (χ2v) is 9.76. The Kier molecular flexibility index (Phi) is 8.94. The van der Waals surface area contributed by atoms with Gasteiger partial charge in [-0.2, -0.15) is 0 Å². The molecular weight excluding hydrogens is 491 g/mol. The summed E-state index contributed by atoms with van der Waals surface area (Å²) in [7, 11) is 0. The fourth-order valence-corrected chi connectivity index (χ4v) is 4.58. The van der Waals surface area contributed by atoms with Gasteiger partial charge < -0.3 is 5.73 Å². The van der Waals surface area contributed by atoms with E-state index in [-0.39, 0.29) is 48.7 Å². The van der Waals surface area contributed by atoms with Crippen LogP contribution in [0.4, 0.5) is 0 Å². The summed E-state index contributed by atoms with van der Waals surface area (Å²) in [4.78, 5) is 7.49. The summed E-state index contributed by atoms with van der Waals surface area (Å²) in [6, 6.07) is 15.3. The van der Waals surface area contributed by atoms with Crippen LogP contribution in [0, 0.1) is 0 Å². The molecule has 3 aromatic heterocycles. The molecule has 0 aliphatic carbocycles. The lowest BCUT2D eigenvalue weighted by Gasteiger charge is -2.24. The minimum Gasteiger partial charge on any atom is -0.326 e. The number of nitrogens with two attached hydrogens (primary N) is 1. The van der Waals surface area contributed by atoms with Crippen molar-refractivity contribution in [1.82, 2.24) is 24.5 Å². The lowest BCUT2D eigenvalue weighted by molar-refractivity contribution is 0.259. The second kappa shape index (κ2) is 10.8. The molecule has 0 spiro atoms. The minimum absolute atomic E-state index is 0. The van der Waals surface area contributed by atoms with Crippen molar-refractivity contribution in [2.45, 2.75) is 51.6 Å². The van der Waals surface area contributed by atoms with Gasteiger partial charge >= 0.3 is 0 Å². The minimum atomic E-state index is 0. The number of benzene rings is 1. The zero-order valence-electron chi connectivity index (χ0n) is 19.9. The monoisotopic (exact) mass is 522 g/mol. The predicted molar refractivity (Wildman–Crippen MR) is 147 cm³/mol. The van der Waals surface area contributed by atoms with Crippen LogP contribution in [0.2, 0.25) is 0 Å². The number of halogens is 3. The number of pyridine rings is 2. The molecule has 4 aromatic rings. The van der Waals surface area contributed by atoms with Crippen LogP contribution < -0.4 is 5.73 Å². The average molecular weight is 524 g/mol. The predicted octanol–water partition coefficient (Wildman–Crippen LogP) is 5.60. The molecular formula is C25H33Cl3N6. The summed E-state index contributed by atoms with van der Waals surface area (Å²) in [5, 5.41) is 10.0. The van der Waals surface area contributed by atoms with Crippen molar-refractivity contribution in [3.63, 3.8) is 0 Å². The third kappa shape index (κ3) is 5.16. The van der Waals surface area contributed by atoms with E-state index in [2.05, 4.69) is 83.7 Å². The van der Waals surface area contributed by atoms with Gasteiger partial charge in [-0.15, -0.1) is 47.4 Å². The Labute approximate surface area is 219 Å². The van der Waals surface area contributed by atoms with Gasteiger partial charge in [-0.25, -0.2) is 4.98 Å². The standard InChI is InChI=1S/C25H30N6.3ClH/c1-16(30-13-12-19(26)15-30)18-9-11-22-28-29-24(31(22)14-18)21-10-8-17-6-5-7-20(23(17)27-21)25(2,3)4;;;/h5-11,14,16,19H,12-13,15,26H2,1-4H3;3*1H/t16-,19+;;;/m1.../s1. The number of para-hydroxylation sites is 1. The van der Waals surface area contributed by atoms with Gasteiger partial charge in [0.15, 0.2) is 11.5 Å². The van der Waals surface area contributed by atoms with Crippen molar-refractivity contribution in [3.05, 3.63) is 59.8 Å². The van der Waals surface area contributed by atoms with Crippen molar-refractivity contribution in [2.24, 2.45) is 5.73 Å². The molecule has 1 aliphatic rings. The van der Waals surface area contributed by atoms with Gasteiger partial charge in [0.25, 0.3) is 0 Å². The lowest BCUT2D eigenvalue weighted by atomic mass is 9.85. The number of rotatable bonds is 3. The normalized spacial score (nSPS) is 17.1. The number of fused-ring (bicyclic) bond motifs is 2. The molecule has 0 saturated carbocycles. The first kappa shape index (κ1) is 28.3. The van der Waals surface area contributed by atoms with Gasteiger partial charge in [-0.05, 0) is 42.0 Å². The van der Waals surface area contributed by atoms with Crippen LogP contribution in [0.3, 0.4) is 0 Å². The van der Waals surface area contributed by atoms with Crippen LogP contribution in [0.5, 0.6) is 0 Å². The highest BCUT2D eigenvalue weighted by Crippen LogP contribution is 2.31. The van der Waals surface area contributed by atoms with E-state index in [1.54, 1.807) is 0 Å². The van der Waals surface area contributed by atoms with Crippen molar-refractivity contribution >= 4 is 53.8 Å². The van der Waals surface area contributed by atoms with Crippen molar-refractivity contribution < 1.29 is 0 Å². The fraction of sp³-hybridized carbons (Fsp3) is 0.400. The maximum absolute atomic E-state index is 6.13. The molecule has 1 saturated heterocycles. The van der Waals surface area contributed by atoms with E-state index >= 15 is 0 Å². The molecule has 184 valence electrons. The largest absolute Gasteiger partial charge is 0.326 e. The lowest BCUT2D eigenvalue weighted by Crippen LogP contribution is -2.28. The van der Waals surface area contributed by atoms with Crippen LogP contribution in [0.15, 0.2) is 48.7 Å². The van der Waals surface area contributed by atoms with Gasteiger partial charge in [0.1, 0.15) is 5.69 Å². The average Bonchev–Trinajstić information content (AvgIpc) is 3.37. The molecule has 1 aromatic carbocycles. The molecule has 4 heterocycles. The summed E-state index contributed by atoms with van der Waals surface area (Å²) < 4.78 is 2.07. The van der Waals surface area contributed by atoms with Crippen LogP contribution in [-0.4, -0.2) is 43.6 Å². The molecule has 2 atom stereocenters. The number of hydrogen-bond donors (Lipinski definition) is 1. The van der Waals surface area contributed by atoms with Gasteiger partial charge in [0, 0.05) is 36.8 Å². The molecule has 2 N–H and O–H groups in total. The molecule has 6 nitrogen and oxygen atoms in total. The van der Waals surface area contributed by atoms with E-state index in [9.17, 15) is 0 Å². The first-order valence-corrected chi connectivity index (χ1v) is 11.1. The summed E-state index contributed by atoms with van der Waals surface area (Å²) >= 11 is 0. The molecule has 9 heteroatoms. The smallest absolute Gasteiger partial charge is 0.187 e. The number of aromatic nitrogens is 4. The third-order valence-corrected chi connectivity index (χ3v) is 6.47. The van der Waals surface area contributed by atoms with Crippen molar-refractivity contribution in [2.75, 3.05) is 13.1 Å². The molecule has 1 aliphatic heterocycles. The first-order chi connectivity index (χ1) is 14.8. The molecule has 1 fully saturated rings. The Bertz CT molecular complexity index is 1270. The summed E-state index contributed by atoms with van der Waals surface area (Å²) in [6.07, 6.45) is 3.21. The highest BCUT2D eigenvalue weighted by atomic mass is 35.5. The van der Waals surface area contributed by atoms with Gasteiger partial charge in [0.2, 0.25) is 0 Å². The van der Waals surface area contributed by atoms with Crippen LogP contribution in [0.25, 0.3) is 28.1 Å². The van der Waals surface area contributed by atoms with Gasteiger partial charge in [0.05, 0.1) is 5.52 Å². The SMILES string of the molecule is C[C@H](c1ccc2nnc(-c3ccc4cccc(C(C)(C)C)c4n3)n2c1)N1CC[C@H](N)C1.Cl.Cl.Cl. The Morgan fingerprint density at radius 2 is 1.76 bits per heavy atom. The van der Waals surface area contributed by atoms with Crippen LogP contribution >= 0.6 is 37.2 Å². The zero-order chi connectivity index (χ0) is 21.8. The number of hydrogen-bond acceptors (Lipinski definition) is 5. The number of likely N-dealkylation sites (tertiary alicyclic amines) is 1. The molecule has 0 radical (unpaired) electrons. The van der Waals surface area contributed by atoms with E-state index in [1.165, 1.54) is 11.1 Å². The Hall–Kier alpha value is -1.96. The van der Waals surface area contributed by atoms with E-state index in [0.29, 0.717) is 6.04 Å². The van der Waals surface area contributed by atoms with E-state index in [0.717, 1.165) is 47.6 Å². The highest BCUT2D eigenvalue weighted by Gasteiger charge is 2.25. The first-order valence-electron chi connectivity index (χ1n) is 11.1. The molecule has 0 amide bonds. The second-order valence-electron chi connectivity index (χ2n) is 9.76. The Morgan fingerprint density at radius 1 is 1.00 bits per heavy atom. The van der Waals surface area contributed by atoms with Crippen molar-refractivity contribution in [3.8, 4) is 11.5 Å². The molecule has 0 unspecified atom stereocenters. The quantitative estimate of drug-likeness (QED) is 0.378. The molecule has 5 rings (SSSR count). The molecule has 0 bridgehead atoms. The highest BCUT2D eigenvalue weighted by molar-refractivity contribution is 5.86. The maximum atomic E-state index is 6.13. The van der Waals surface area contributed by atoms with Gasteiger partial charge in [-0.3, -0.25) is 9.30 Å². The zero-order valence-corrected chi connectivity index (χ0v) is 22.4. The topological polar surface area (TPSA) is 72.3 Å². The van der Waals surface area contributed by atoms with Gasteiger partial charge in [-0.1, -0.05) is 51.1 Å². The van der Waals surface area contributed by atoms with Crippen LogP contribution in [0.1, 0.15) is 51.3 Å². The Balaban J connectivity index is 0.00000136. The fourth-order valence-electron chi connectivity index (χ4n) is 4.58.